The molecule has 0 radical (unpaired) electrons. The van der Waals surface area contributed by atoms with Crippen LogP contribution in [-0.4, -0.2) is 70.0 Å². The van der Waals surface area contributed by atoms with Gasteiger partial charge >= 0.3 is 11.9 Å². The molecule has 318 valence electrons. The van der Waals surface area contributed by atoms with E-state index in [4.69, 9.17) is 18.5 Å². The number of hydrogen-bond acceptors (Lipinski definition) is 8. The van der Waals surface area contributed by atoms with E-state index in [1.165, 1.54) is 128 Å². The largest absolute Gasteiger partial charge is 0.756 e. The predicted molar refractivity (Wildman–Crippen MR) is 222 cm³/mol. The fraction of sp³-hybridized carbons (Fsp3) is 0.864. The molecule has 0 amide bonds. The van der Waals surface area contributed by atoms with Crippen LogP contribution in [0.5, 0.6) is 0 Å². The van der Waals surface area contributed by atoms with Crippen LogP contribution in [0.2, 0.25) is 0 Å². The number of unbranched alkanes of at least 4 members (excludes halogenated alkanes) is 22. The van der Waals surface area contributed by atoms with Crippen molar-refractivity contribution in [3.63, 3.8) is 0 Å². The summed E-state index contributed by atoms with van der Waals surface area (Å²) < 4.78 is 33.8. The molecule has 0 fully saturated rings. The second-order valence-corrected chi connectivity index (χ2v) is 17.5. The van der Waals surface area contributed by atoms with Crippen LogP contribution >= 0.6 is 7.82 Å². The topological polar surface area (TPSA) is 111 Å². The van der Waals surface area contributed by atoms with Gasteiger partial charge in [0.15, 0.2) is 6.10 Å². The summed E-state index contributed by atoms with van der Waals surface area (Å²) in [5.41, 5.74) is 0. The molecule has 0 aliphatic heterocycles. The third kappa shape index (κ3) is 40.2. The zero-order valence-electron chi connectivity index (χ0n) is 35.7. The molecule has 9 nitrogen and oxygen atoms in total. The molecule has 0 rings (SSSR count). The lowest BCUT2D eigenvalue weighted by Crippen LogP contribution is -2.37. The van der Waals surface area contributed by atoms with Gasteiger partial charge in [0.2, 0.25) is 0 Å². The molecule has 0 spiro atoms. The van der Waals surface area contributed by atoms with E-state index < -0.39 is 32.5 Å². The first-order chi connectivity index (χ1) is 26.0. The van der Waals surface area contributed by atoms with Gasteiger partial charge in [0.1, 0.15) is 19.8 Å². The van der Waals surface area contributed by atoms with Crippen molar-refractivity contribution in [3.05, 3.63) is 24.3 Å². The van der Waals surface area contributed by atoms with E-state index in [1.807, 2.05) is 33.3 Å². The van der Waals surface area contributed by atoms with Crippen LogP contribution < -0.4 is 4.89 Å². The van der Waals surface area contributed by atoms with Crippen molar-refractivity contribution in [1.29, 1.82) is 0 Å². The molecule has 10 heteroatoms. The Kier molecular flexibility index (Phi) is 36.1. The first-order valence-electron chi connectivity index (χ1n) is 22.0. The van der Waals surface area contributed by atoms with Gasteiger partial charge in [-0.25, -0.2) is 0 Å². The summed E-state index contributed by atoms with van der Waals surface area (Å²) >= 11 is 0. The minimum Gasteiger partial charge on any atom is -0.756 e. The number of ether oxygens (including phenoxy) is 2. The van der Waals surface area contributed by atoms with Gasteiger partial charge in [-0.05, 0) is 38.5 Å². The van der Waals surface area contributed by atoms with Crippen LogP contribution in [-0.2, 0) is 32.7 Å². The Morgan fingerprint density at radius 1 is 0.556 bits per heavy atom. The SMILES string of the molecule is CCCCCCCCCCCCC/C=C\CCC(=O)OC[C@H](COP(=O)([O-])OCC[N+](C)(C)C)OC(=O)CC/C=C\CCCCCCCCCCCCC. The second kappa shape index (κ2) is 37.1. The maximum atomic E-state index is 12.6. The molecule has 0 aliphatic carbocycles. The molecule has 0 saturated heterocycles. The zero-order chi connectivity index (χ0) is 40.0. The molecular weight excluding hydrogens is 701 g/mol. The first kappa shape index (κ1) is 52.5. The third-order valence-corrected chi connectivity index (χ3v) is 10.4. The predicted octanol–water partition coefficient (Wildman–Crippen LogP) is 11.7. The van der Waals surface area contributed by atoms with Crippen LogP contribution in [0.4, 0.5) is 0 Å². The Bertz CT molecular complexity index is 980. The Labute approximate surface area is 332 Å². The number of nitrogens with zero attached hydrogens (tertiary/aromatic N) is 1. The lowest BCUT2D eigenvalue weighted by atomic mass is 10.1. The quantitative estimate of drug-likeness (QED) is 0.0198. The normalized spacial score (nSPS) is 13.8. The van der Waals surface area contributed by atoms with Gasteiger partial charge in [-0.2, -0.15) is 0 Å². The van der Waals surface area contributed by atoms with E-state index in [0.717, 1.165) is 25.7 Å². The lowest BCUT2D eigenvalue weighted by Gasteiger charge is -2.28. The number of quaternary nitrogens is 1. The van der Waals surface area contributed by atoms with Gasteiger partial charge in [-0.15, -0.1) is 0 Å². The summed E-state index contributed by atoms with van der Waals surface area (Å²) in [6.45, 7) is 4.15. The summed E-state index contributed by atoms with van der Waals surface area (Å²) in [6.07, 6.45) is 39.4. The molecular formula is C44H84NO8P. The van der Waals surface area contributed by atoms with E-state index in [-0.39, 0.29) is 26.1 Å². The zero-order valence-corrected chi connectivity index (χ0v) is 36.6. The highest BCUT2D eigenvalue weighted by Crippen LogP contribution is 2.38. The number of carbonyl (C=O) groups excluding carboxylic acids is 2. The standard InChI is InChI=1S/C44H84NO8P/c1-6-8-10-12-14-16-18-20-22-24-26-28-30-32-34-36-43(46)50-40-42(41-52-54(48,49)51-39-38-45(3,4)5)53-44(47)37-35-33-31-29-27-25-23-21-19-17-15-13-11-9-7-2/h30-33,42H,6-29,34-41H2,1-5H3/b32-30-,33-31-/t42-/m1/s1. The molecule has 0 saturated carbocycles. The highest BCUT2D eigenvalue weighted by Gasteiger charge is 2.21. The lowest BCUT2D eigenvalue weighted by molar-refractivity contribution is -0.870. The smallest absolute Gasteiger partial charge is 0.306 e. The highest BCUT2D eigenvalue weighted by molar-refractivity contribution is 7.45. The molecule has 0 bridgehead atoms. The molecule has 2 atom stereocenters. The molecule has 0 heterocycles. The number of allylic oxidation sites excluding steroid dienone is 4. The van der Waals surface area contributed by atoms with Crippen molar-refractivity contribution in [3.8, 4) is 0 Å². The Morgan fingerprint density at radius 2 is 0.944 bits per heavy atom. The number of phosphoric ester groups is 1. The van der Waals surface area contributed by atoms with Crippen molar-refractivity contribution < 1.29 is 42.1 Å². The van der Waals surface area contributed by atoms with Crippen molar-refractivity contribution in [2.75, 3.05) is 47.5 Å². The van der Waals surface area contributed by atoms with Gasteiger partial charge in [0.25, 0.3) is 7.82 Å². The van der Waals surface area contributed by atoms with Crippen molar-refractivity contribution in [2.24, 2.45) is 0 Å². The van der Waals surface area contributed by atoms with E-state index in [1.54, 1.807) is 0 Å². The second-order valence-electron chi connectivity index (χ2n) is 16.1. The molecule has 0 aromatic heterocycles. The van der Waals surface area contributed by atoms with Gasteiger partial charge in [-0.1, -0.05) is 167 Å². The maximum absolute atomic E-state index is 12.6. The third-order valence-electron chi connectivity index (χ3n) is 9.47. The van der Waals surface area contributed by atoms with Gasteiger partial charge < -0.3 is 27.9 Å². The average molecular weight is 786 g/mol. The first-order valence-corrected chi connectivity index (χ1v) is 23.5. The molecule has 0 N–H and O–H groups in total. The van der Waals surface area contributed by atoms with Crippen LogP contribution in [0.3, 0.4) is 0 Å². The molecule has 0 aromatic carbocycles. The number of hydrogen-bond donors (Lipinski definition) is 0. The summed E-state index contributed by atoms with van der Waals surface area (Å²) in [5, 5.41) is 0. The number of esters is 2. The van der Waals surface area contributed by atoms with Gasteiger partial charge in [0.05, 0.1) is 27.7 Å². The summed E-state index contributed by atoms with van der Waals surface area (Å²) in [5.74, 6) is -0.943. The van der Waals surface area contributed by atoms with E-state index in [9.17, 15) is 19.0 Å². The Morgan fingerprint density at radius 3 is 1.37 bits per heavy atom. The van der Waals surface area contributed by atoms with E-state index >= 15 is 0 Å². The Balaban J connectivity index is 4.43. The van der Waals surface area contributed by atoms with Crippen LogP contribution in [0, 0.1) is 0 Å². The minimum atomic E-state index is -4.64. The average Bonchev–Trinajstić information content (AvgIpc) is 3.12. The number of carbonyl (C=O) groups is 2. The molecule has 1 unspecified atom stereocenters. The van der Waals surface area contributed by atoms with Gasteiger partial charge in [0, 0.05) is 12.8 Å². The molecule has 54 heavy (non-hydrogen) atoms. The fourth-order valence-electron chi connectivity index (χ4n) is 5.98. The number of likely N-dealkylation sites (N-methyl/N-ethyl adjacent to an activating group) is 1. The van der Waals surface area contributed by atoms with Crippen LogP contribution in [0.15, 0.2) is 24.3 Å². The fourth-order valence-corrected chi connectivity index (χ4v) is 6.71. The number of phosphoric acid groups is 1. The number of rotatable bonds is 40. The van der Waals surface area contributed by atoms with E-state index in [2.05, 4.69) is 26.0 Å². The van der Waals surface area contributed by atoms with Gasteiger partial charge in [-0.3, -0.25) is 14.2 Å². The van der Waals surface area contributed by atoms with Crippen LogP contribution in [0.1, 0.15) is 194 Å². The molecule has 0 aromatic rings. The maximum Gasteiger partial charge on any atom is 0.306 e. The summed E-state index contributed by atoms with van der Waals surface area (Å²) in [4.78, 5) is 37.4. The highest BCUT2D eigenvalue weighted by atomic mass is 31.2. The molecule has 0 aliphatic rings. The summed E-state index contributed by atoms with van der Waals surface area (Å²) in [6, 6.07) is 0. The van der Waals surface area contributed by atoms with E-state index in [0.29, 0.717) is 23.9 Å². The Hall–Kier alpha value is -1.51. The van der Waals surface area contributed by atoms with Crippen molar-refractivity contribution in [1.82, 2.24) is 0 Å². The van der Waals surface area contributed by atoms with Crippen LogP contribution in [0.25, 0.3) is 0 Å². The minimum absolute atomic E-state index is 0.0397. The van der Waals surface area contributed by atoms with Crippen molar-refractivity contribution >= 4 is 19.8 Å². The van der Waals surface area contributed by atoms with Crippen molar-refractivity contribution in [2.45, 2.75) is 200 Å². The monoisotopic (exact) mass is 786 g/mol. The summed E-state index contributed by atoms with van der Waals surface area (Å²) in [7, 11) is 1.14.